The van der Waals surface area contributed by atoms with Crippen LogP contribution in [0.5, 0.6) is 0 Å². The maximum Gasteiger partial charge on any atom is 0.410 e. The van der Waals surface area contributed by atoms with Crippen molar-refractivity contribution in [3.05, 3.63) is 29.8 Å². The van der Waals surface area contributed by atoms with E-state index in [0.29, 0.717) is 12.6 Å². The highest BCUT2D eigenvalue weighted by Gasteiger charge is 2.35. The lowest BCUT2D eigenvalue weighted by Crippen LogP contribution is -2.37. The molecule has 1 amide bonds. The van der Waals surface area contributed by atoms with Crippen LogP contribution in [0.1, 0.15) is 39.2 Å². The van der Waals surface area contributed by atoms with Crippen molar-refractivity contribution in [3.63, 3.8) is 0 Å². The number of benzene rings is 1. The lowest BCUT2D eigenvalue weighted by molar-refractivity contribution is 0.0217. The summed E-state index contributed by atoms with van der Waals surface area (Å²) in [5, 5.41) is 0. The number of rotatable bonds is 3. The molecule has 0 saturated heterocycles. The van der Waals surface area contributed by atoms with E-state index in [9.17, 15) is 4.79 Å². The maximum absolute atomic E-state index is 12.2. The van der Waals surface area contributed by atoms with Gasteiger partial charge in [0.05, 0.1) is 0 Å². The quantitative estimate of drug-likeness (QED) is 0.851. The number of nitrogen functional groups attached to an aromatic ring is 1. The molecule has 4 nitrogen and oxygen atoms in total. The normalized spacial score (nSPS) is 15.1. The molecule has 1 aliphatic rings. The minimum Gasteiger partial charge on any atom is -0.444 e. The summed E-state index contributed by atoms with van der Waals surface area (Å²) in [6.45, 7) is 6.22. The summed E-state index contributed by atoms with van der Waals surface area (Å²) in [4.78, 5) is 14.0. The van der Waals surface area contributed by atoms with E-state index in [2.05, 4.69) is 0 Å². The molecule has 0 spiro atoms. The number of amides is 1. The molecule has 1 aromatic rings. The first-order valence-electron chi connectivity index (χ1n) is 6.69. The first-order valence-corrected chi connectivity index (χ1v) is 6.69. The van der Waals surface area contributed by atoms with Gasteiger partial charge < -0.3 is 15.4 Å². The first kappa shape index (κ1) is 13.7. The summed E-state index contributed by atoms with van der Waals surface area (Å²) in [7, 11) is 0. The summed E-state index contributed by atoms with van der Waals surface area (Å²) in [5.74, 6) is 0. The maximum atomic E-state index is 12.2. The summed E-state index contributed by atoms with van der Waals surface area (Å²) >= 11 is 0. The SMILES string of the molecule is CC(C)(C)OC(=O)N(Cc1cccc(N)c1)C1CC1. The van der Waals surface area contributed by atoms with Crippen LogP contribution in [-0.2, 0) is 11.3 Å². The van der Waals surface area contributed by atoms with Crippen molar-refractivity contribution in [1.82, 2.24) is 4.90 Å². The van der Waals surface area contributed by atoms with E-state index in [1.54, 1.807) is 4.90 Å². The molecule has 0 aliphatic heterocycles. The molecular weight excluding hydrogens is 240 g/mol. The lowest BCUT2D eigenvalue weighted by Gasteiger charge is -2.27. The number of nitrogens with two attached hydrogens (primary N) is 1. The monoisotopic (exact) mass is 262 g/mol. The fourth-order valence-corrected chi connectivity index (χ4v) is 1.94. The van der Waals surface area contributed by atoms with Gasteiger partial charge in [0.15, 0.2) is 0 Å². The van der Waals surface area contributed by atoms with Crippen LogP contribution in [-0.4, -0.2) is 22.6 Å². The predicted octanol–water partition coefficient (Wildman–Crippen LogP) is 3.17. The van der Waals surface area contributed by atoms with Crippen molar-refractivity contribution < 1.29 is 9.53 Å². The summed E-state index contributed by atoms with van der Waals surface area (Å²) < 4.78 is 5.46. The molecule has 1 aliphatic carbocycles. The number of hydrogen-bond acceptors (Lipinski definition) is 3. The second kappa shape index (κ2) is 5.11. The van der Waals surface area contributed by atoms with Gasteiger partial charge in [0.25, 0.3) is 0 Å². The van der Waals surface area contributed by atoms with E-state index < -0.39 is 5.60 Å². The molecule has 0 bridgehead atoms. The number of ether oxygens (including phenoxy) is 1. The van der Waals surface area contributed by atoms with Gasteiger partial charge in [-0.1, -0.05) is 12.1 Å². The Balaban J connectivity index is 2.06. The molecular formula is C15H22N2O2. The number of carbonyl (C=O) groups is 1. The van der Waals surface area contributed by atoms with E-state index in [1.165, 1.54) is 0 Å². The lowest BCUT2D eigenvalue weighted by atomic mass is 10.2. The van der Waals surface area contributed by atoms with Crippen molar-refractivity contribution in [3.8, 4) is 0 Å². The van der Waals surface area contributed by atoms with Crippen LogP contribution in [0.4, 0.5) is 10.5 Å². The van der Waals surface area contributed by atoms with Crippen LogP contribution in [0.25, 0.3) is 0 Å². The Hall–Kier alpha value is -1.71. The zero-order chi connectivity index (χ0) is 14.0. The van der Waals surface area contributed by atoms with Crippen LogP contribution in [0.2, 0.25) is 0 Å². The predicted molar refractivity (Wildman–Crippen MR) is 75.7 cm³/mol. The highest BCUT2D eigenvalue weighted by molar-refractivity contribution is 5.69. The molecule has 1 saturated carbocycles. The number of nitrogens with zero attached hydrogens (tertiary/aromatic N) is 1. The number of anilines is 1. The van der Waals surface area contributed by atoms with Crippen LogP contribution in [0.15, 0.2) is 24.3 Å². The van der Waals surface area contributed by atoms with E-state index >= 15 is 0 Å². The summed E-state index contributed by atoms with van der Waals surface area (Å²) in [6.07, 6.45) is 1.88. The highest BCUT2D eigenvalue weighted by atomic mass is 16.6. The molecule has 1 fully saturated rings. The number of carbonyl (C=O) groups excluding carboxylic acids is 1. The fraction of sp³-hybridized carbons (Fsp3) is 0.533. The minimum absolute atomic E-state index is 0.238. The zero-order valence-electron chi connectivity index (χ0n) is 11.8. The van der Waals surface area contributed by atoms with Crippen LogP contribution in [0.3, 0.4) is 0 Å². The van der Waals surface area contributed by atoms with Crippen LogP contribution in [0, 0.1) is 0 Å². The van der Waals surface area contributed by atoms with E-state index in [-0.39, 0.29) is 6.09 Å². The van der Waals surface area contributed by atoms with Gasteiger partial charge in [0, 0.05) is 18.3 Å². The molecule has 0 aromatic heterocycles. The average molecular weight is 262 g/mol. The Morgan fingerprint density at radius 1 is 1.42 bits per heavy atom. The molecule has 0 unspecified atom stereocenters. The Kier molecular flexibility index (Phi) is 3.69. The smallest absolute Gasteiger partial charge is 0.410 e. The molecule has 0 radical (unpaired) electrons. The van der Waals surface area contributed by atoms with Crippen molar-refractivity contribution in [2.45, 2.75) is 51.8 Å². The third kappa shape index (κ3) is 4.16. The Labute approximate surface area is 114 Å². The second-order valence-electron chi connectivity index (χ2n) is 6.08. The van der Waals surface area contributed by atoms with Gasteiger partial charge in [-0.25, -0.2) is 4.79 Å². The van der Waals surface area contributed by atoms with Crippen molar-refractivity contribution in [1.29, 1.82) is 0 Å². The Morgan fingerprint density at radius 3 is 2.63 bits per heavy atom. The van der Waals surface area contributed by atoms with Gasteiger partial charge in [-0.15, -0.1) is 0 Å². The molecule has 104 valence electrons. The van der Waals surface area contributed by atoms with Gasteiger partial charge in [-0.2, -0.15) is 0 Å². The molecule has 0 atom stereocenters. The molecule has 19 heavy (non-hydrogen) atoms. The minimum atomic E-state index is -0.458. The van der Waals surface area contributed by atoms with E-state index in [0.717, 1.165) is 24.1 Å². The first-order chi connectivity index (χ1) is 8.85. The molecule has 2 N–H and O–H groups in total. The van der Waals surface area contributed by atoms with Crippen LogP contribution >= 0.6 is 0 Å². The largest absolute Gasteiger partial charge is 0.444 e. The molecule has 2 rings (SSSR count). The number of hydrogen-bond donors (Lipinski definition) is 1. The Bertz CT molecular complexity index is 461. The van der Waals surface area contributed by atoms with Gasteiger partial charge >= 0.3 is 6.09 Å². The van der Waals surface area contributed by atoms with Crippen molar-refractivity contribution >= 4 is 11.8 Å². The van der Waals surface area contributed by atoms with E-state index in [1.807, 2.05) is 45.0 Å². The highest BCUT2D eigenvalue weighted by Crippen LogP contribution is 2.30. The van der Waals surface area contributed by atoms with Gasteiger partial charge in [0.1, 0.15) is 5.60 Å². The average Bonchev–Trinajstić information content (AvgIpc) is 3.07. The molecule has 4 heteroatoms. The Morgan fingerprint density at radius 2 is 2.11 bits per heavy atom. The van der Waals surface area contributed by atoms with Gasteiger partial charge in [-0.05, 0) is 51.3 Å². The standard InChI is InChI=1S/C15H22N2O2/c1-15(2,3)19-14(18)17(13-7-8-13)10-11-5-4-6-12(16)9-11/h4-6,9,13H,7-8,10,16H2,1-3H3. The van der Waals surface area contributed by atoms with Crippen LogP contribution < -0.4 is 5.73 Å². The van der Waals surface area contributed by atoms with Crippen molar-refractivity contribution in [2.75, 3.05) is 5.73 Å². The third-order valence-corrected chi connectivity index (χ3v) is 2.92. The van der Waals surface area contributed by atoms with Gasteiger partial charge in [0.2, 0.25) is 0 Å². The van der Waals surface area contributed by atoms with Crippen molar-refractivity contribution in [2.24, 2.45) is 0 Å². The fourth-order valence-electron chi connectivity index (χ4n) is 1.94. The van der Waals surface area contributed by atoms with E-state index in [4.69, 9.17) is 10.5 Å². The topological polar surface area (TPSA) is 55.6 Å². The molecule has 0 heterocycles. The zero-order valence-corrected chi connectivity index (χ0v) is 11.8. The summed E-state index contributed by atoms with van der Waals surface area (Å²) in [5.41, 5.74) is 7.07. The second-order valence-corrected chi connectivity index (χ2v) is 6.08. The third-order valence-electron chi connectivity index (χ3n) is 2.92. The molecule has 1 aromatic carbocycles. The van der Waals surface area contributed by atoms with Gasteiger partial charge in [-0.3, -0.25) is 0 Å². The summed E-state index contributed by atoms with van der Waals surface area (Å²) in [6, 6.07) is 7.95.